The van der Waals surface area contributed by atoms with Crippen LogP contribution >= 0.6 is 15.9 Å². The molecule has 142 valence electrons. The molecule has 0 bridgehead atoms. The molecule has 2 atom stereocenters. The van der Waals surface area contributed by atoms with E-state index in [0.29, 0.717) is 18.3 Å². The number of nitrogens with zero attached hydrogens (tertiary/aromatic N) is 2. The van der Waals surface area contributed by atoms with Gasteiger partial charge in [-0.2, -0.15) is 0 Å². The average Bonchev–Trinajstić information content (AvgIpc) is 2.99. The fourth-order valence-electron chi connectivity index (χ4n) is 3.89. The second-order valence-electron chi connectivity index (χ2n) is 6.65. The second-order valence-corrected chi connectivity index (χ2v) is 7.50. The van der Waals surface area contributed by atoms with E-state index in [1.807, 2.05) is 0 Å². The first kappa shape index (κ1) is 20.3. The van der Waals surface area contributed by atoms with Crippen molar-refractivity contribution in [2.75, 3.05) is 32.6 Å². The lowest BCUT2D eigenvalue weighted by molar-refractivity contribution is -0.134. The molecular weight excluding hydrogens is 404 g/mol. The smallest absolute Gasteiger partial charge is 0.328 e. The van der Waals surface area contributed by atoms with Crippen molar-refractivity contribution in [2.24, 2.45) is 0 Å². The van der Waals surface area contributed by atoms with Gasteiger partial charge >= 0.3 is 11.9 Å². The molecular formula is C18H23BrN2O5. The number of likely N-dealkylation sites (N-methyl/N-ethyl adjacent to an activating group) is 2. The van der Waals surface area contributed by atoms with Crippen LogP contribution in [0, 0.1) is 0 Å². The van der Waals surface area contributed by atoms with Gasteiger partial charge in [-0.3, -0.25) is 4.90 Å². The quantitative estimate of drug-likeness (QED) is 0.717. The Morgan fingerprint density at radius 3 is 2.35 bits per heavy atom. The standard InChI is InChI=1S/C14H19BrN2O.C4H4O4/c1-14-5-6-16(2)13(14)17(3)12-10(14)7-9(18-4)8-11(12)15;5-3(6)1-2-4(7)8/h7-8,13H,5-6H2,1-4H3;1-2H,(H,5,6)(H,7,8)/b;2-1+/t13-,14+;/m1./s1. The van der Waals surface area contributed by atoms with Crippen molar-refractivity contribution in [3.63, 3.8) is 0 Å². The molecule has 2 aliphatic rings. The normalized spacial score (nSPS) is 24.0. The number of carboxylic acid groups (broad SMARTS) is 2. The van der Waals surface area contributed by atoms with Gasteiger partial charge < -0.3 is 19.8 Å². The highest BCUT2D eigenvalue weighted by atomic mass is 79.9. The molecule has 2 N–H and O–H groups in total. The van der Waals surface area contributed by atoms with Crippen LogP contribution in [0.5, 0.6) is 5.75 Å². The largest absolute Gasteiger partial charge is 0.497 e. The Bertz CT molecular complexity index is 735. The van der Waals surface area contributed by atoms with Crippen molar-refractivity contribution < 1.29 is 24.5 Å². The molecule has 1 saturated heterocycles. The van der Waals surface area contributed by atoms with Crippen molar-refractivity contribution in [2.45, 2.75) is 24.9 Å². The van der Waals surface area contributed by atoms with Gasteiger partial charge in [-0.1, -0.05) is 6.92 Å². The number of halogens is 1. The van der Waals surface area contributed by atoms with Crippen LogP contribution in [0.15, 0.2) is 28.8 Å². The molecule has 0 amide bonds. The van der Waals surface area contributed by atoms with E-state index in [9.17, 15) is 9.59 Å². The SMILES string of the molecule is COc1cc(Br)c2c(c1)[C@]1(C)CCN(C)[C@@H]1N2C.O=C(O)/C=C/C(=O)O. The number of anilines is 1. The number of aliphatic carboxylic acids is 2. The maximum Gasteiger partial charge on any atom is 0.328 e. The summed E-state index contributed by atoms with van der Waals surface area (Å²) < 4.78 is 6.54. The first-order valence-corrected chi connectivity index (χ1v) is 8.86. The molecule has 1 fully saturated rings. The van der Waals surface area contributed by atoms with Crippen molar-refractivity contribution in [1.29, 1.82) is 0 Å². The molecule has 0 unspecified atom stereocenters. The highest BCUT2D eigenvalue weighted by Gasteiger charge is 2.52. The number of likely N-dealkylation sites (tertiary alicyclic amines) is 1. The van der Waals surface area contributed by atoms with Gasteiger partial charge in [-0.25, -0.2) is 9.59 Å². The van der Waals surface area contributed by atoms with E-state index in [-0.39, 0.29) is 5.41 Å². The van der Waals surface area contributed by atoms with Crippen molar-refractivity contribution in [3.05, 3.63) is 34.3 Å². The lowest BCUT2D eigenvalue weighted by Crippen LogP contribution is -2.45. The summed E-state index contributed by atoms with van der Waals surface area (Å²) in [5.41, 5.74) is 2.93. The van der Waals surface area contributed by atoms with E-state index in [4.69, 9.17) is 14.9 Å². The molecule has 0 radical (unpaired) electrons. The Balaban J connectivity index is 0.000000260. The van der Waals surface area contributed by atoms with Crippen molar-refractivity contribution in [3.8, 4) is 5.75 Å². The van der Waals surface area contributed by atoms with E-state index in [1.165, 1.54) is 17.7 Å². The summed E-state index contributed by atoms with van der Waals surface area (Å²) in [7, 11) is 6.13. The van der Waals surface area contributed by atoms with Gasteiger partial charge in [0.15, 0.2) is 0 Å². The fourth-order valence-corrected chi connectivity index (χ4v) is 4.61. The van der Waals surface area contributed by atoms with E-state index >= 15 is 0 Å². The van der Waals surface area contributed by atoms with Crippen LogP contribution in [0.25, 0.3) is 0 Å². The minimum atomic E-state index is -1.26. The summed E-state index contributed by atoms with van der Waals surface area (Å²) in [6, 6.07) is 4.26. The van der Waals surface area contributed by atoms with Crippen LogP contribution in [0.1, 0.15) is 18.9 Å². The molecule has 1 aromatic carbocycles. The van der Waals surface area contributed by atoms with Gasteiger partial charge in [-0.15, -0.1) is 0 Å². The first-order chi connectivity index (χ1) is 12.1. The second kappa shape index (κ2) is 7.67. The number of methoxy groups -OCH3 is 1. The summed E-state index contributed by atoms with van der Waals surface area (Å²) in [4.78, 5) is 23.9. The van der Waals surface area contributed by atoms with Crippen LogP contribution in [-0.2, 0) is 15.0 Å². The number of benzene rings is 1. The zero-order chi connectivity index (χ0) is 19.6. The van der Waals surface area contributed by atoms with Gasteiger partial charge in [0.05, 0.1) is 19.0 Å². The number of rotatable bonds is 3. The highest BCUT2D eigenvalue weighted by molar-refractivity contribution is 9.10. The third-order valence-electron chi connectivity index (χ3n) is 4.95. The zero-order valence-electron chi connectivity index (χ0n) is 15.2. The minimum Gasteiger partial charge on any atom is -0.497 e. The molecule has 0 saturated carbocycles. The number of hydrogen-bond acceptors (Lipinski definition) is 5. The Labute approximate surface area is 161 Å². The minimum absolute atomic E-state index is 0.204. The van der Waals surface area contributed by atoms with Gasteiger partial charge in [0.25, 0.3) is 0 Å². The summed E-state index contributed by atoms with van der Waals surface area (Å²) in [6.07, 6.45) is 2.77. The first-order valence-electron chi connectivity index (χ1n) is 8.07. The maximum atomic E-state index is 9.55. The van der Waals surface area contributed by atoms with Crippen LogP contribution in [0.4, 0.5) is 5.69 Å². The number of ether oxygens (including phenoxy) is 1. The third-order valence-corrected chi connectivity index (χ3v) is 5.55. The molecule has 1 aromatic rings. The number of carboxylic acids is 2. The van der Waals surface area contributed by atoms with E-state index in [0.717, 1.165) is 16.8 Å². The maximum absolute atomic E-state index is 9.55. The third kappa shape index (κ3) is 3.71. The molecule has 2 heterocycles. The summed E-state index contributed by atoms with van der Waals surface area (Å²) in [5.74, 6) is -1.58. The predicted molar refractivity (Wildman–Crippen MR) is 102 cm³/mol. The van der Waals surface area contributed by atoms with Gasteiger partial charge in [-0.05, 0) is 47.1 Å². The molecule has 0 spiro atoms. The van der Waals surface area contributed by atoms with Crippen LogP contribution < -0.4 is 9.64 Å². The number of fused-ring (bicyclic) bond motifs is 3. The Morgan fingerprint density at radius 1 is 1.27 bits per heavy atom. The van der Waals surface area contributed by atoms with Crippen molar-refractivity contribution >= 4 is 33.6 Å². The zero-order valence-corrected chi connectivity index (χ0v) is 16.8. The van der Waals surface area contributed by atoms with E-state index < -0.39 is 11.9 Å². The number of carbonyl (C=O) groups is 2. The predicted octanol–water partition coefficient (Wildman–Crippen LogP) is 2.54. The molecule has 8 heteroatoms. The lowest BCUT2D eigenvalue weighted by Gasteiger charge is -2.32. The van der Waals surface area contributed by atoms with Crippen molar-refractivity contribution in [1.82, 2.24) is 4.90 Å². The molecule has 26 heavy (non-hydrogen) atoms. The average molecular weight is 427 g/mol. The van der Waals surface area contributed by atoms with E-state index in [1.54, 1.807) is 7.11 Å². The Morgan fingerprint density at radius 2 is 1.85 bits per heavy atom. The molecule has 3 rings (SSSR count). The fraction of sp³-hybridized carbons (Fsp3) is 0.444. The summed E-state index contributed by atoms with van der Waals surface area (Å²) in [6.45, 7) is 3.52. The van der Waals surface area contributed by atoms with Gasteiger partial charge in [0.2, 0.25) is 0 Å². The Hall–Kier alpha value is -2.06. The summed E-state index contributed by atoms with van der Waals surface area (Å²) >= 11 is 3.69. The molecule has 2 aliphatic heterocycles. The highest BCUT2D eigenvalue weighted by Crippen LogP contribution is 2.54. The van der Waals surface area contributed by atoms with Crippen LogP contribution in [-0.4, -0.2) is 61.0 Å². The summed E-state index contributed by atoms with van der Waals surface area (Å²) in [5, 5.41) is 15.6. The van der Waals surface area contributed by atoms with E-state index in [2.05, 4.69) is 58.9 Å². The van der Waals surface area contributed by atoms with Gasteiger partial charge in [0, 0.05) is 35.6 Å². The molecule has 0 aromatic heterocycles. The topological polar surface area (TPSA) is 90.3 Å². The van der Waals surface area contributed by atoms with Gasteiger partial charge in [0.1, 0.15) is 5.75 Å². The monoisotopic (exact) mass is 426 g/mol. The molecule has 7 nitrogen and oxygen atoms in total. The van der Waals surface area contributed by atoms with Crippen LogP contribution in [0.3, 0.4) is 0 Å². The number of hydrogen-bond donors (Lipinski definition) is 2. The van der Waals surface area contributed by atoms with Crippen LogP contribution in [0.2, 0.25) is 0 Å². The lowest BCUT2D eigenvalue weighted by atomic mass is 9.81. The molecule has 0 aliphatic carbocycles. The Kier molecular flexibility index (Phi) is 5.98.